The van der Waals surface area contributed by atoms with E-state index in [2.05, 4.69) is 5.32 Å². The van der Waals surface area contributed by atoms with Gasteiger partial charge in [0.15, 0.2) is 0 Å². The maximum absolute atomic E-state index is 12.8. The van der Waals surface area contributed by atoms with Crippen LogP contribution in [0.2, 0.25) is 5.02 Å². The molecule has 1 fully saturated rings. The number of benzene rings is 2. The third-order valence-corrected chi connectivity index (χ3v) is 6.41. The molecule has 1 aliphatic heterocycles. The van der Waals surface area contributed by atoms with E-state index < -0.39 is 23.6 Å². The molecule has 0 radical (unpaired) electrons. The Morgan fingerprint density at radius 1 is 1.09 bits per heavy atom. The number of rotatable bonds is 5. The standard InChI is InChI=1S/C22H19ClN4O5S/c1-25-15-6-4-12(8-16(15)26(2)21(25)30)9-18-20(29)27(22(31)33-18)11-19(28)24-13-5-7-17(32-3)14(23)10-13/h4-10H,11H2,1-3H3,(H,24,28). The van der Waals surface area contributed by atoms with Crippen molar-refractivity contribution >= 4 is 63.2 Å². The van der Waals surface area contributed by atoms with Gasteiger partial charge in [-0.25, -0.2) is 4.79 Å². The lowest BCUT2D eigenvalue weighted by molar-refractivity contribution is -0.127. The smallest absolute Gasteiger partial charge is 0.328 e. The highest BCUT2D eigenvalue weighted by molar-refractivity contribution is 8.18. The Labute approximate surface area is 197 Å². The number of amides is 3. The molecule has 170 valence electrons. The molecule has 3 amide bonds. The van der Waals surface area contributed by atoms with Crippen LogP contribution in [0.25, 0.3) is 17.1 Å². The molecule has 2 heterocycles. The second-order valence-corrected chi connectivity index (χ2v) is 8.71. The summed E-state index contributed by atoms with van der Waals surface area (Å²) in [6.07, 6.45) is 1.57. The summed E-state index contributed by atoms with van der Waals surface area (Å²) in [5.74, 6) is -0.644. The number of halogens is 1. The highest BCUT2D eigenvalue weighted by Gasteiger charge is 2.36. The topological polar surface area (TPSA) is 103 Å². The van der Waals surface area contributed by atoms with Crippen LogP contribution in [-0.2, 0) is 23.7 Å². The fourth-order valence-electron chi connectivity index (χ4n) is 3.49. The molecule has 0 spiro atoms. The van der Waals surface area contributed by atoms with E-state index in [1.165, 1.54) is 22.3 Å². The van der Waals surface area contributed by atoms with Crippen LogP contribution in [0.15, 0.2) is 46.1 Å². The van der Waals surface area contributed by atoms with Gasteiger partial charge in [0.25, 0.3) is 11.1 Å². The lowest BCUT2D eigenvalue weighted by atomic mass is 10.2. The number of carbonyl (C=O) groups is 3. The Kier molecular flexibility index (Phi) is 6.05. The van der Waals surface area contributed by atoms with Gasteiger partial charge >= 0.3 is 5.69 Å². The van der Waals surface area contributed by atoms with E-state index in [1.54, 1.807) is 50.5 Å². The van der Waals surface area contributed by atoms with Crippen LogP contribution in [0, 0.1) is 0 Å². The summed E-state index contributed by atoms with van der Waals surface area (Å²) in [5.41, 5.74) is 2.37. The predicted octanol–water partition coefficient (Wildman–Crippen LogP) is 3.21. The number of carbonyl (C=O) groups excluding carboxylic acids is 3. The predicted molar refractivity (Wildman–Crippen MR) is 127 cm³/mol. The van der Waals surface area contributed by atoms with E-state index in [9.17, 15) is 19.2 Å². The van der Waals surface area contributed by atoms with Gasteiger partial charge in [-0.3, -0.25) is 28.4 Å². The minimum atomic E-state index is -0.560. The van der Waals surface area contributed by atoms with E-state index in [0.29, 0.717) is 27.5 Å². The fourth-order valence-corrected chi connectivity index (χ4v) is 4.59. The largest absolute Gasteiger partial charge is 0.495 e. The first-order chi connectivity index (χ1) is 15.7. The van der Waals surface area contributed by atoms with Gasteiger partial charge in [-0.1, -0.05) is 17.7 Å². The normalized spacial score (nSPS) is 15.0. The molecule has 2 aromatic carbocycles. The molecule has 1 aromatic heterocycles. The SMILES string of the molecule is COc1ccc(NC(=O)CN2C(=O)SC(=Cc3ccc4c(c3)n(C)c(=O)n4C)C2=O)cc1Cl. The monoisotopic (exact) mass is 486 g/mol. The van der Waals surface area contributed by atoms with Gasteiger partial charge in [-0.05, 0) is 53.7 Å². The average Bonchev–Trinajstić information content (AvgIpc) is 3.16. The van der Waals surface area contributed by atoms with Crippen molar-refractivity contribution in [2.75, 3.05) is 19.0 Å². The molecule has 3 aromatic rings. The fraction of sp³-hybridized carbons (Fsp3) is 0.182. The Balaban J connectivity index is 1.50. The number of nitrogens with one attached hydrogen (secondary N) is 1. The first-order valence-corrected chi connectivity index (χ1v) is 10.9. The molecule has 4 rings (SSSR count). The van der Waals surface area contributed by atoms with Crippen molar-refractivity contribution in [1.82, 2.24) is 14.0 Å². The Morgan fingerprint density at radius 2 is 1.82 bits per heavy atom. The molecule has 1 aliphatic rings. The van der Waals surface area contributed by atoms with Crippen LogP contribution in [0.5, 0.6) is 5.75 Å². The van der Waals surface area contributed by atoms with E-state index in [-0.39, 0.29) is 10.6 Å². The summed E-state index contributed by atoms with van der Waals surface area (Å²) in [6, 6.07) is 10.0. The molecule has 0 aliphatic carbocycles. The zero-order valence-corrected chi connectivity index (χ0v) is 19.5. The number of ether oxygens (including phenoxy) is 1. The number of aromatic nitrogens is 2. The maximum atomic E-state index is 12.8. The van der Waals surface area contributed by atoms with Gasteiger partial charge in [-0.15, -0.1) is 0 Å². The quantitative estimate of drug-likeness (QED) is 0.555. The van der Waals surface area contributed by atoms with Crippen LogP contribution >= 0.6 is 23.4 Å². The Morgan fingerprint density at radius 3 is 2.52 bits per heavy atom. The van der Waals surface area contributed by atoms with E-state index in [0.717, 1.165) is 22.2 Å². The van der Waals surface area contributed by atoms with Crippen molar-refractivity contribution in [1.29, 1.82) is 0 Å². The Bertz CT molecular complexity index is 1410. The second-order valence-electron chi connectivity index (χ2n) is 7.31. The number of aryl methyl sites for hydroxylation is 2. The molecule has 0 bridgehead atoms. The first kappa shape index (κ1) is 22.7. The molecule has 0 saturated carbocycles. The summed E-state index contributed by atoms with van der Waals surface area (Å²) < 4.78 is 8.11. The summed E-state index contributed by atoms with van der Waals surface area (Å²) >= 11 is 6.81. The molecule has 33 heavy (non-hydrogen) atoms. The van der Waals surface area contributed by atoms with Crippen molar-refractivity contribution in [2.24, 2.45) is 14.1 Å². The zero-order chi connectivity index (χ0) is 23.9. The summed E-state index contributed by atoms with van der Waals surface area (Å²) in [6.45, 7) is -0.433. The average molecular weight is 487 g/mol. The molecule has 1 saturated heterocycles. The van der Waals surface area contributed by atoms with Gasteiger partial charge in [0.2, 0.25) is 5.91 Å². The van der Waals surface area contributed by atoms with Gasteiger partial charge in [0.05, 0.1) is 28.1 Å². The number of fused-ring (bicyclic) bond motifs is 1. The number of anilines is 1. The summed E-state index contributed by atoms with van der Waals surface area (Å²) in [4.78, 5) is 50.8. The van der Waals surface area contributed by atoms with E-state index >= 15 is 0 Å². The van der Waals surface area contributed by atoms with Crippen LogP contribution in [0.1, 0.15) is 5.56 Å². The molecule has 9 nitrogen and oxygen atoms in total. The highest BCUT2D eigenvalue weighted by atomic mass is 35.5. The maximum Gasteiger partial charge on any atom is 0.328 e. The third-order valence-electron chi connectivity index (χ3n) is 5.20. The lowest BCUT2D eigenvalue weighted by Crippen LogP contribution is -2.36. The second kappa shape index (κ2) is 8.80. The highest BCUT2D eigenvalue weighted by Crippen LogP contribution is 2.33. The summed E-state index contributed by atoms with van der Waals surface area (Å²) in [7, 11) is 4.82. The number of imide groups is 1. The van der Waals surface area contributed by atoms with Crippen LogP contribution in [-0.4, -0.2) is 44.7 Å². The molecular formula is C22H19ClN4O5S. The molecular weight excluding hydrogens is 468 g/mol. The number of imidazole rings is 1. The first-order valence-electron chi connectivity index (χ1n) is 9.74. The molecule has 0 unspecified atom stereocenters. The van der Waals surface area contributed by atoms with E-state index in [1.807, 2.05) is 0 Å². The Hall–Kier alpha value is -3.50. The third kappa shape index (κ3) is 4.27. The molecule has 0 atom stereocenters. The zero-order valence-electron chi connectivity index (χ0n) is 17.9. The molecule has 1 N–H and O–H groups in total. The molecule has 11 heteroatoms. The van der Waals surface area contributed by atoms with Crippen molar-refractivity contribution in [3.63, 3.8) is 0 Å². The number of nitrogens with zero attached hydrogens (tertiary/aromatic N) is 3. The summed E-state index contributed by atoms with van der Waals surface area (Å²) in [5, 5.41) is 2.39. The number of hydrogen-bond donors (Lipinski definition) is 1. The van der Waals surface area contributed by atoms with Crippen LogP contribution in [0.3, 0.4) is 0 Å². The minimum absolute atomic E-state index is 0.161. The minimum Gasteiger partial charge on any atom is -0.495 e. The van der Waals surface area contributed by atoms with Crippen molar-refractivity contribution in [3.8, 4) is 5.75 Å². The van der Waals surface area contributed by atoms with Crippen molar-refractivity contribution in [3.05, 3.63) is 62.4 Å². The number of methoxy groups -OCH3 is 1. The van der Waals surface area contributed by atoms with Crippen LogP contribution < -0.4 is 15.7 Å². The lowest BCUT2D eigenvalue weighted by Gasteiger charge is -2.13. The van der Waals surface area contributed by atoms with Gasteiger partial charge in [0, 0.05) is 19.8 Å². The van der Waals surface area contributed by atoms with Crippen molar-refractivity contribution in [2.45, 2.75) is 0 Å². The number of thioether (sulfide) groups is 1. The number of hydrogen-bond acceptors (Lipinski definition) is 6. The van der Waals surface area contributed by atoms with Gasteiger partial charge < -0.3 is 10.1 Å². The van der Waals surface area contributed by atoms with Gasteiger partial charge in [0.1, 0.15) is 12.3 Å². The van der Waals surface area contributed by atoms with Gasteiger partial charge in [-0.2, -0.15) is 0 Å². The van der Waals surface area contributed by atoms with Crippen LogP contribution in [0.4, 0.5) is 10.5 Å². The van der Waals surface area contributed by atoms with E-state index in [4.69, 9.17) is 16.3 Å². The van der Waals surface area contributed by atoms with Crippen molar-refractivity contribution < 1.29 is 19.1 Å².